The fraction of sp³-hybridized carbons (Fsp3) is 0.136. The number of ketones is 1. The number of rotatable bonds is 2. The summed E-state index contributed by atoms with van der Waals surface area (Å²) in [6.45, 7) is 4.30. The van der Waals surface area contributed by atoms with Gasteiger partial charge in [0.15, 0.2) is 5.78 Å². The largest absolute Gasteiger partial charge is 0.289 e. The highest BCUT2D eigenvalue weighted by Crippen LogP contribution is 2.43. The van der Waals surface area contributed by atoms with Crippen LogP contribution in [0.15, 0.2) is 60.7 Å². The second-order valence-corrected chi connectivity index (χ2v) is 6.93. The molecule has 0 heterocycles. The van der Waals surface area contributed by atoms with E-state index in [0.29, 0.717) is 5.92 Å². The summed E-state index contributed by atoms with van der Waals surface area (Å²) in [5.74, 6) is 0.439. The Balaban J connectivity index is 2.00. The van der Waals surface area contributed by atoms with Crippen LogP contribution in [0.1, 0.15) is 41.3 Å². The van der Waals surface area contributed by atoms with E-state index < -0.39 is 0 Å². The van der Waals surface area contributed by atoms with Crippen LogP contribution in [-0.4, -0.2) is 5.78 Å². The maximum atomic E-state index is 13.0. The molecule has 0 aromatic heterocycles. The van der Waals surface area contributed by atoms with E-state index in [1.54, 1.807) is 0 Å². The topological polar surface area (TPSA) is 17.1 Å². The molecular weight excluding hydrogens is 316 g/mol. The molecule has 0 saturated heterocycles. The van der Waals surface area contributed by atoms with Crippen LogP contribution < -0.4 is 0 Å². The highest BCUT2D eigenvalue weighted by Gasteiger charge is 2.29. The van der Waals surface area contributed by atoms with Gasteiger partial charge in [-0.15, -0.1) is 0 Å². The normalized spacial score (nSPS) is 12.4. The first kappa shape index (κ1) is 15.2. The van der Waals surface area contributed by atoms with Crippen molar-refractivity contribution in [1.82, 2.24) is 0 Å². The predicted molar refractivity (Wildman–Crippen MR) is 99.8 cm³/mol. The van der Waals surface area contributed by atoms with E-state index in [1.165, 1.54) is 5.56 Å². The van der Waals surface area contributed by atoms with Gasteiger partial charge in [0, 0.05) is 16.1 Å². The Labute approximate surface area is 146 Å². The molecule has 1 nitrogen and oxygen atoms in total. The molecule has 0 bridgehead atoms. The van der Waals surface area contributed by atoms with Crippen molar-refractivity contribution in [3.05, 3.63) is 82.4 Å². The minimum Gasteiger partial charge on any atom is -0.289 e. The van der Waals surface area contributed by atoms with Gasteiger partial charge < -0.3 is 0 Å². The van der Waals surface area contributed by atoms with Gasteiger partial charge in [-0.3, -0.25) is 4.79 Å². The van der Waals surface area contributed by atoms with Gasteiger partial charge in [-0.2, -0.15) is 0 Å². The van der Waals surface area contributed by atoms with Crippen molar-refractivity contribution in [1.29, 1.82) is 0 Å². The van der Waals surface area contributed by atoms with Crippen molar-refractivity contribution < 1.29 is 4.79 Å². The van der Waals surface area contributed by atoms with Crippen LogP contribution in [0.3, 0.4) is 0 Å². The van der Waals surface area contributed by atoms with Crippen LogP contribution in [0, 0.1) is 0 Å². The molecule has 1 aliphatic rings. The Hall–Kier alpha value is -2.38. The van der Waals surface area contributed by atoms with Crippen molar-refractivity contribution in [3.8, 4) is 22.3 Å². The smallest absolute Gasteiger partial charge is 0.194 e. The quantitative estimate of drug-likeness (QED) is 0.418. The molecule has 0 unspecified atom stereocenters. The molecule has 1 aliphatic carbocycles. The van der Waals surface area contributed by atoms with Gasteiger partial charge in [0.25, 0.3) is 0 Å². The third-order valence-corrected chi connectivity index (χ3v) is 4.91. The zero-order valence-electron chi connectivity index (χ0n) is 13.6. The Morgan fingerprint density at radius 3 is 2.08 bits per heavy atom. The summed E-state index contributed by atoms with van der Waals surface area (Å²) in [7, 11) is 0. The monoisotopic (exact) mass is 332 g/mol. The lowest BCUT2D eigenvalue weighted by molar-refractivity contribution is 0.104. The fourth-order valence-electron chi connectivity index (χ4n) is 3.55. The third kappa shape index (κ3) is 2.20. The van der Waals surface area contributed by atoms with E-state index in [0.717, 1.165) is 38.4 Å². The molecular formula is C22H17ClO. The van der Waals surface area contributed by atoms with Crippen LogP contribution in [-0.2, 0) is 0 Å². The predicted octanol–water partition coefficient (Wildman–Crippen LogP) is 6.34. The fourth-order valence-corrected chi connectivity index (χ4v) is 3.73. The zero-order valence-corrected chi connectivity index (χ0v) is 14.4. The number of halogens is 1. The molecule has 4 rings (SSSR count). The minimum absolute atomic E-state index is 0.112. The minimum atomic E-state index is 0.112. The zero-order chi connectivity index (χ0) is 16.8. The second kappa shape index (κ2) is 5.61. The highest BCUT2D eigenvalue weighted by molar-refractivity contribution is 6.31. The van der Waals surface area contributed by atoms with Gasteiger partial charge >= 0.3 is 0 Å². The molecule has 0 N–H and O–H groups in total. The van der Waals surface area contributed by atoms with Gasteiger partial charge in [-0.25, -0.2) is 0 Å². The number of carbonyl (C=O) groups excluding carboxylic acids is 1. The van der Waals surface area contributed by atoms with Crippen LogP contribution in [0.25, 0.3) is 22.3 Å². The molecule has 3 aromatic rings. The third-order valence-electron chi connectivity index (χ3n) is 4.68. The summed E-state index contributed by atoms with van der Waals surface area (Å²) in [4.78, 5) is 13.0. The van der Waals surface area contributed by atoms with Crippen molar-refractivity contribution in [2.45, 2.75) is 19.8 Å². The van der Waals surface area contributed by atoms with Crippen molar-refractivity contribution in [2.24, 2.45) is 0 Å². The van der Waals surface area contributed by atoms with E-state index >= 15 is 0 Å². The molecule has 0 amide bonds. The number of hydrogen-bond donors (Lipinski definition) is 0. The summed E-state index contributed by atoms with van der Waals surface area (Å²) < 4.78 is 0. The Morgan fingerprint density at radius 1 is 0.750 bits per heavy atom. The lowest BCUT2D eigenvalue weighted by atomic mass is 9.88. The maximum Gasteiger partial charge on any atom is 0.194 e. The van der Waals surface area contributed by atoms with E-state index in [1.807, 2.05) is 60.7 Å². The Bertz CT molecular complexity index is 969. The molecule has 2 heteroatoms. The van der Waals surface area contributed by atoms with E-state index in [2.05, 4.69) is 13.8 Å². The number of hydrogen-bond acceptors (Lipinski definition) is 1. The highest BCUT2D eigenvalue weighted by atomic mass is 35.5. The maximum absolute atomic E-state index is 13.0. The standard InChI is InChI=1S/C22H17ClO/c1-13(2)20-12-14(23)10-11-16(20)18-9-5-8-17-15-6-3-4-7-19(15)22(24)21(17)18/h3-13H,1-2H3. The van der Waals surface area contributed by atoms with Crippen molar-refractivity contribution in [3.63, 3.8) is 0 Å². The van der Waals surface area contributed by atoms with Crippen LogP contribution in [0.2, 0.25) is 5.02 Å². The summed E-state index contributed by atoms with van der Waals surface area (Å²) in [6, 6.07) is 19.9. The van der Waals surface area contributed by atoms with E-state index in [-0.39, 0.29) is 5.78 Å². The average molecular weight is 333 g/mol. The van der Waals surface area contributed by atoms with Crippen LogP contribution in [0.4, 0.5) is 0 Å². The molecule has 0 spiro atoms. The SMILES string of the molecule is CC(C)c1cc(Cl)ccc1-c1cccc2c1C(=O)c1ccccc1-2. The Kier molecular flexibility index (Phi) is 3.54. The number of fused-ring (bicyclic) bond motifs is 3. The number of carbonyl (C=O) groups is 1. The molecule has 0 aliphatic heterocycles. The van der Waals surface area contributed by atoms with Gasteiger partial charge in [0.05, 0.1) is 0 Å². The first-order valence-corrected chi connectivity index (χ1v) is 8.52. The van der Waals surface area contributed by atoms with E-state index in [9.17, 15) is 4.79 Å². The lowest BCUT2D eigenvalue weighted by Gasteiger charge is -2.16. The van der Waals surface area contributed by atoms with Gasteiger partial charge in [-0.05, 0) is 45.9 Å². The molecule has 0 saturated carbocycles. The molecule has 118 valence electrons. The molecule has 24 heavy (non-hydrogen) atoms. The molecule has 0 radical (unpaired) electrons. The van der Waals surface area contributed by atoms with Crippen molar-refractivity contribution in [2.75, 3.05) is 0 Å². The molecule has 0 atom stereocenters. The molecule has 3 aromatic carbocycles. The first-order valence-electron chi connectivity index (χ1n) is 8.15. The van der Waals surface area contributed by atoms with E-state index in [4.69, 9.17) is 11.6 Å². The van der Waals surface area contributed by atoms with Gasteiger partial charge in [0.2, 0.25) is 0 Å². The van der Waals surface area contributed by atoms with Crippen LogP contribution in [0.5, 0.6) is 0 Å². The van der Waals surface area contributed by atoms with Gasteiger partial charge in [-0.1, -0.05) is 74.0 Å². The summed E-state index contributed by atoms with van der Waals surface area (Å²) in [5.41, 5.74) is 6.90. The summed E-state index contributed by atoms with van der Waals surface area (Å²) in [5, 5.41) is 0.727. The average Bonchev–Trinajstić information content (AvgIpc) is 2.88. The number of benzene rings is 3. The van der Waals surface area contributed by atoms with Crippen molar-refractivity contribution >= 4 is 17.4 Å². The van der Waals surface area contributed by atoms with Gasteiger partial charge in [0.1, 0.15) is 0 Å². The van der Waals surface area contributed by atoms with Crippen LogP contribution >= 0.6 is 11.6 Å². The molecule has 0 fully saturated rings. The summed E-state index contributed by atoms with van der Waals surface area (Å²) in [6.07, 6.45) is 0. The lowest BCUT2D eigenvalue weighted by Crippen LogP contribution is -2.00. The Morgan fingerprint density at radius 2 is 1.38 bits per heavy atom. The first-order chi connectivity index (χ1) is 11.6. The second-order valence-electron chi connectivity index (χ2n) is 6.49. The summed E-state index contributed by atoms with van der Waals surface area (Å²) >= 11 is 6.20.